The fraction of sp³-hybridized carbons (Fsp3) is 0.200. The van der Waals surface area contributed by atoms with Crippen molar-refractivity contribution in [3.8, 4) is 0 Å². The lowest BCUT2D eigenvalue weighted by Crippen LogP contribution is -2.14. The SMILES string of the molecule is CC(=O)CC(=O)Nc1cccc2nsnc12. The summed E-state index contributed by atoms with van der Waals surface area (Å²) in [4.78, 5) is 22.2. The zero-order chi connectivity index (χ0) is 11.5. The van der Waals surface area contributed by atoms with Crippen LogP contribution in [0.15, 0.2) is 18.2 Å². The molecule has 0 aliphatic rings. The molecule has 0 unspecified atom stereocenters. The first-order valence-electron chi connectivity index (χ1n) is 4.67. The summed E-state index contributed by atoms with van der Waals surface area (Å²) in [5.41, 5.74) is 1.99. The number of benzene rings is 1. The highest BCUT2D eigenvalue weighted by molar-refractivity contribution is 7.00. The maximum absolute atomic E-state index is 11.4. The van der Waals surface area contributed by atoms with Crippen LogP contribution in [0, 0.1) is 0 Å². The second kappa shape index (κ2) is 4.36. The Labute approximate surface area is 95.8 Å². The van der Waals surface area contributed by atoms with Gasteiger partial charge in [-0.3, -0.25) is 9.59 Å². The first-order chi connectivity index (χ1) is 7.66. The van der Waals surface area contributed by atoms with E-state index in [1.807, 2.05) is 6.07 Å². The van der Waals surface area contributed by atoms with Crippen LogP contribution < -0.4 is 5.32 Å². The largest absolute Gasteiger partial charge is 0.324 e. The molecule has 82 valence electrons. The Morgan fingerprint density at radius 2 is 2.19 bits per heavy atom. The quantitative estimate of drug-likeness (QED) is 0.820. The van der Waals surface area contributed by atoms with Crippen molar-refractivity contribution in [2.75, 3.05) is 5.32 Å². The van der Waals surface area contributed by atoms with Gasteiger partial charge in [-0.1, -0.05) is 6.07 Å². The molecule has 1 aromatic heterocycles. The van der Waals surface area contributed by atoms with E-state index in [0.29, 0.717) is 11.2 Å². The van der Waals surface area contributed by atoms with Gasteiger partial charge in [0.25, 0.3) is 0 Å². The van der Waals surface area contributed by atoms with Gasteiger partial charge < -0.3 is 5.32 Å². The number of nitrogens with zero attached hydrogens (tertiary/aromatic N) is 2. The van der Waals surface area contributed by atoms with Crippen molar-refractivity contribution in [3.05, 3.63) is 18.2 Å². The summed E-state index contributed by atoms with van der Waals surface area (Å²) in [7, 11) is 0. The van der Waals surface area contributed by atoms with Gasteiger partial charge in [0.2, 0.25) is 5.91 Å². The number of hydrogen-bond donors (Lipinski definition) is 1. The standard InChI is InChI=1S/C10H9N3O2S/c1-6(14)5-9(15)11-7-3-2-4-8-10(7)13-16-12-8/h2-4H,5H2,1H3,(H,11,15). The van der Waals surface area contributed by atoms with Gasteiger partial charge in [0.15, 0.2) is 0 Å². The second-order valence-electron chi connectivity index (χ2n) is 3.36. The highest BCUT2D eigenvalue weighted by atomic mass is 32.1. The van der Waals surface area contributed by atoms with Gasteiger partial charge in [0.1, 0.15) is 16.8 Å². The predicted molar refractivity (Wildman–Crippen MR) is 61.3 cm³/mol. The summed E-state index contributed by atoms with van der Waals surface area (Å²) in [6, 6.07) is 5.34. The van der Waals surface area contributed by atoms with E-state index < -0.39 is 0 Å². The number of Topliss-reactive ketones (excluding diaryl/α,β-unsaturated/α-hetero) is 1. The Bertz CT molecular complexity index is 550. The molecule has 1 amide bonds. The van der Waals surface area contributed by atoms with Crippen LogP contribution in [-0.4, -0.2) is 20.4 Å². The summed E-state index contributed by atoms with van der Waals surface area (Å²) in [6.07, 6.45) is -0.117. The van der Waals surface area contributed by atoms with Crippen molar-refractivity contribution in [3.63, 3.8) is 0 Å². The molecule has 0 radical (unpaired) electrons. The Morgan fingerprint density at radius 3 is 2.94 bits per heavy atom. The van der Waals surface area contributed by atoms with Gasteiger partial charge in [-0.25, -0.2) is 0 Å². The topological polar surface area (TPSA) is 72.0 Å². The molecule has 16 heavy (non-hydrogen) atoms. The molecule has 0 saturated heterocycles. The van der Waals surface area contributed by atoms with Crippen molar-refractivity contribution in [2.45, 2.75) is 13.3 Å². The first kappa shape index (κ1) is 10.7. The molecular formula is C10H9N3O2S. The van der Waals surface area contributed by atoms with Crippen LogP contribution in [-0.2, 0) is 9.59 Å². The van der Waals surface area contributed by atoms with Crippen LogP contribution in [0.5, 0.6) is 0 Å². The number of nitrogens with one attached hydrogen (secondary N) is 1. The van der Waals surface area contributed by atoms with Gasteiger partial charge >= 0.3 is 0 Å². The molecule has 5 nitrogen and oxygen atoms in total. The highest BCUT2D eigenvalue weighted by Gasteiger charge is 2.09. The van der Waals surface area contributed by atoms with E-state index in [2.05, 4.69) is 14.1 Å². The monoisotopic (exact) mass is 235 g/mol. The normalized spacial score (nSPS) is 10.3. The Kier molecular flexibility index (Phi) is 2.91. The van der Waals surface area contributed by atoms with E-state index in [1.165, 1.54) is 6.92 Å². The molecule has 0 fully saturated rings. The van der Waals surface area contributed by atoms with Crippen molar-refractivity contribution < 1.29 is 9.59 Å². The van der Waals surface area contributed by atoms with Crippen molar-refractivity contribution in [1.82, 2.24) is 8.75 Å². The highest BCUT2D eigenvalue weighted by Crippen LogP contribution is 2.21. The molecule has 2 aromatic rings. The number of carbonyl (C=O) groups is 2. The molecule has 0 atom stereocenters. The average molecular weight is 235 g/mol. The lowest BCUT2D eigenvalue weighted by molar-refractivity contribution is -0.124. The lowest BCUT2D eigenvalue weighted by Gasteiger charge is -2.03. The maximum atomic E-state index is 11.4. The Hall–Kier alpha value is -1.82. The Morgan fingerprint density at radius 1 is 1.38 bits per heavy atom. The molecule has 1 N–H and O–H groups in total. The smallest absolute Gasteiger partial charge is 0.231 e. The predicted octanol–water partition coefficient (Wildman–Crippen LogP) is 1.61. The Balaban J connectivity index is 2.24. The van der Waals surface area contributed by atoms with Crippen LogP contribution in [0.3, 0.4) is 0 Å². The van der Waals surface area contributed by atoms with Crippen molar-refractivity contribution >= 4 is 40.1 Å². The van der Waals surface area contributed by atoms with Gasteiger partial charge in [0.05, 0.1) is 23.8 Å². The fourth-order valence-corrected chi connectivity index (χ4v) is 1.88. The number of hydrogen-bond acceptors (Lipinski definition) is 5. The molecule has 0 saturated carbocycles. The average Bonchev–Trinajstić information content (AvgIpc) is 2.65. The molecular weight excluding hydrogens is 226 g/mol. The number of amides is 1. The van der Waals surface area contributed by atoms with Crippen LogP contribution in [0.1, 0.15) is 13.3 Å². The van der Waals surface area contributed by atoms with Crippen LogP contribution in [0.2, 0.25) is 0 Å². The van der Waals surface area contributed by atoms with E-state index >= 15 is 0 Å². The van der Waals surface area contributed by atoms with Gasteiger partial charge in [0, 0.05) is 0 Å². The van der Waals surface area contributed by atoms with Crippen LogP contribution in [0.25, 0.3) is 11.0 Å². The molecule has 6 heteroatoms. The number of anilines is 1. The van der Waals surface area contributed by atoms with Crippen LogP contribution >= 0.6 is 11.7 Å². The molecule has 0 aliphatic heterocycles. The molecule has 0 bridgehead atoms. The zero-order valence-corrected chi connectivity index (χ0v) is 9.37. The summed E-state index contributed by atoms with van der Waals surface area (Å²) in [5.74, 6) is -0.492. The third kappa shape index (κ3) is 2.22. The number of carbonyl (C=O) groups excluding carboxylic acids is 2. The molecule has 2 rings (SSSR count). The van der Waals surface area contributed by atoms with E-state index in [1.54, 1.807) is 12.1 Å². The summed E-state index contributed by atoms with van der Waals surface area (Å²) >= 11 is 1.09. The minimum atomic E-state index is -0.326. The third-order valence-electron chi connectivity index (χ3n) is 1.97. The summed E-state index contributed by atoms with van der Waals surface area (Å²) in [6.45, 7) is 1.38. The number of rotatable bonds is 3. The number of ketones is 1. The van der Waals surface area contributed by atoms with Gasteiger partial charge in [-0.2, -0.15) is 8.75 Å². The third-order valence-corrected chi connectivity index (χ3v) is 2.51. The van der Waals surface area contributed by atoms with Crippen molar-refractivity contribution in [2.24, 2.45) is 0 Å². The van der Waals surface area contributed by atoms with E-state index in [9.17, 15) is 9.59 Å². The minimum absolute atomic E-state index is 0.117. The van der Waals surface area contributed by atoms with E-state index in [4.69, 9.17) is 0 Å². The zero-order valence-electron chi connectivity index (χ0n) is 8.56. The second-order valence-corrected chi connectivity index (χ2v) is 3.89. The van der Waals surface area contributed by atoms with E-state index in [0.717, 1.165) is 17.2 Å². The van der Waals surface area contributed by atoms with Crippen LogP contribution in [0.4, 0.5) is 5.69 Å². The van der Waals surface area contributed by atoms with Crippen molar-refractivity contribution in [1.29, 1.82) is 0 Å². The molecule has 0 aliphatic carbocycles. The van der Waals surface area contributed by atoms with E-state index in [-0.39, 0.29) is 18.1 Å². The van der Waals surface area contributed by atoms with Gasteiger partial charge in [-0.15, -0.1) is 0 Å². The maximum Gasteiger partial charge on any atom is 0.231 e. The number of fused-ring (bicyclic) bond motifs is 1. The number of aromatic nitrogens is 2. The first-order valence-corrected chi connectivity index (χ1v) is 5.40. The lowest BCUT2D eigenvalue weighted by atomic mass is 10.2. The summed E-state index contributed by atoms with van der Waals surface area (Å²) in [5, 5.41) is 2.65. The van der Waals surface area contributed by atoms with Gasteiger partial charge in [-0.05, 0) is 19.1 Å². The molecule has 1 aromatic carbocycles. The fourth-order valence-electron chi connectivity index (χ4n) is 1.33. The molecule has 0 spiro atoms. The minimum Gasteiger partial charge on any atom is -0.324 e. The molecule has 1 heterocycles. The summed E-state index contributed by atoms with van der Waals surface area (Å²) < 4.78 is 8.14.